The fraction of sp³-hybridized carbons (Fsp3) is 0.0526. The normalized spacial score (nSPS) is 13.8. The van der Waals surface area contributed by atoms with Crippen LogP contribution in [0.15, 0.2) is 174 Å². The zero-order valence-electron chi connectivity index (χ0n) is 33.9. The first-order valence-corrected chi connectivity index (χ1v) is 21.4. The van der Waals surface area contributed by atoms with Gasteiger partial charge in [0.25, 0.3) is 0 Å². The Hall–Kier alpha value is -8.02. The summed E-state index contributed by atoms with van der Waals surface area (Å²) in [5.74, 6) is 0.650. The van der Waals surface area contributed by atoms with Crippen LogP contribution in [0.3, 0.4) is 0 Å². The molecular formula is C57H34N4O. The van der Waals surface area contributed by atoms with Gasteiger partial charge in [0.2, 0.25) is 5.95 Å². The number of hydrogen-bond donors (Lipinski definition) is 0. The topological polar surface area (TPSA) is 48.3 Å². The molecule has 5 heteroatoms. The van der Waals surface area contributed by atoms with Gasteiger partial charge in [-0.25, -0.2) is 9.97 Å². The molecule has 1 aliphatic carbocycles. The SMILES string of the molecule is CC1(C)c2ccccc2-c2ccc(-c3nc(-n4c5cccc6c7cccc8c9ccc%10c%11ccccc%11oc%10c9n(c9cccc4c9c65)c78)nc4c3ccc3ccccc34)cc21. The van der Waals surface area contributed by atoms with Crippen molar-refractivity contribution in [3.05, 3.63) is 181 Å². The Kier molecular flexibility index (Phi) is 5.93. The molecule has 0 saturated carbocycles. The molecule has 0 bridgehead atoms. The van der Waals surface area contributed by atoms with Gasteiger partial charge in [0.15, 0.2) is 5.58 Å². The Morgan fingerprint density at radius 3 is 2.05 bits per heavy atom. The zero-order valence-corrected chi connectivity index (χ0v) is 33.9. The standard InChI is InChI=1S/C57H34N4O/c1-57(2)43-19-7-5-14-34(43)35-26-25-32(30-44(35)57)51-42-27-24-31-12-3-4-13-33(31)52(42)59-56(58-51)60-45-20-10-16-37-38-17-9-18-39-40-28-29-41-36-15-6-8-23-48(36)62-55(41)54(40)61(53(38)39)47-22-11-21-46(60)50(47)49(37)45/h3-30H,1-2H3. The van der Waals surface area contributed by atoms with E-state index in [0.29, 0.717) is 5.95 Å². The van der Waals surface area contributed by atoms with Gasteiger partial charge in [-0.3, -0.25) is 4.57 Å². The highest BCUT2D eigenvalue weighted by Gasteiger charge is 2.35. The average Bonchev–Trinajstić information content (AvgIpc) is 4.01. The number of aromatic nitrogens is 4. The molecule has 0 atom stereocenters. The van der Waals surface area contributed by atoms with Crippen LogP contribution in [0.25, 0.3) is 132 Å². The predicted molar refractivity (Wildman–Crippen MR) is 256 cm³/mol. The summed E-state index contributed by atoms with van der Waals surface area (Å²) in [6, 6.07) is 61.8. The third kappa shape index (κ3) is 3.91. The molecule has 0 saturated heterocycles. The third-order valence-corrected chi connectivity index (χ3v) is 14.3. The predicted octanol–water partition coefficient (Wildman–Crippen LogP) is 14.9. The van der Waals surface area contributed by atoms with Crippen LogP contribution in [-0.4, -0.2) is 18.9 Å². The van der Waals surface area contributed by atoms with Crippen molar-refractivity contribution in [2.75, 3.05) is 0 Å². The van der Waals surface area contributed by atoms with Gasteiger partial charge < -0.3 is 8.82 Å². The molecule has 288 valence electrons. The van der Waals surface area contributed by atoms with Gasteiger partial charge in [0, 0.05) is 59.5 Å². The molecule has 5 aromatic heterocycles. The first kappa shape index (κ1) is 32.8. The van der Waals surface area contributed by atoms with Crippen LogP contribution in [0.2, 0.25) is 0 Å². The van der Waals surface area contributed by atoms with Crippen LogP contribution in [0, 0.1) is 0 Å². The number of benzene rings is 9. The lowest BCUT2D eigenvalue weighted by molar-refractivity contribution is 0.660. The van der Waals surface area contributed by atoms with Gasteiger partial charge in [-0.05, 0) is 75.5 Å². The van der Waals surface area contributed by atoms with Crippen molar-refractivity contribution in [2.24, 2.45) is 0 Å². The molecule has 15 rings (SSSR count). The Balaban J connectivity index is 1.10. The Labute approximate surface area is 354 Å². The summed E-state index contributed by atoms with van der Waals surface area (Å²) in [6.07, 6.45) is 0. The largest absolute Gasteiger partial charge is 0.454 e. The van der Waals surface area contributed by atoms with Crippen molar-refractivity contribution in [3.63, 3.8) is 0 Å². The van der Waals surface area contributed by atoms with Crippen LogP contribution in [-0.2, 0) is 5.41 Å². The summed E-state index contributed by atoms with van der Waals surface area (Å²) in [5, 5.41) is 12.7. The smallest absolute Gasteiger partial charge is 0.235 e. The van der Waals surface area contributed by atoms with E-state index in [-0.39, 0.29) is 5.41 Å². The second kappa shape index (κ2) is 11.2. The van der Waals surface area contributed by atoms with Gasteiger partial charge in [-0.15, -0.1) is 0 Å². The molecule has 0 spiro atoms. The van der Waals surface area contributed by atoms with E-state index in [1.165, 1.54) is 60.1 Å². The summed E-state index contributed by atoms with van der Waals surface area (Å²) in [5.41, 5.74) is 15.4. The highest BCUT2D eigenvalue weighted by molar-refractivity contribution is 6.33. The zero-order chi connectivity index (χ0) is 40.6. The van der Waals surface area contributed by atoms with Gasteiger partial charge >= 0.3 is 0 Å². The molecule has 5 nitrogen and oxygen atoms in total. The van der Waals surface area contributed by atoms with E-state index in [1.54, 1.807) is 0 Å². The molecule has 0 unspecified atom stereocenters. The molecule has 14 aromatic rings. The van der Waals surface area contributed by atoms with Crippen molar-refractivity contribution in [1.29, 1.82) is 0 Å². The number of rotatable bonds is 2. The van der Waals surface area contributed by atoms with E-state index in [0.717, 1.165) is 76.9 Å². The second-order valence-electron chi connectivity index (χ2n) is 17.7. The summed E-state index contributed by atoms with van der Waals surface area (Å²) >= 11 is 0. The van der Waals surface area contributed by atoms with Crippen molar-refractivity contribution < 1.29 is 4.42 Å². The van der Waals surface area contributed by atoms with Gasteiger partial charge in [0.1, 0.15) is 5.58 Å². The maximum atomic E-state index is 6.81. The summed E-state index contributed by atoms with van der Waals surface area (Å²) in [4.78, 5) is 11.3. The first-order valence-electron chi connectivity index (χ1n) is 21.4. The highest BCUT2D eigenvalue weighted by atomic mass is 16.3. The van der Waals surface area contributed by atoms with E-state index in [1.807, 2.05) is 6.07 Å². The number of para-hydroxylation sites is 2. The van der Waals surface area contributed by atoms with Crippen LogP contribution < -0.4 is 0 Å². The second-order valence-corrected chi connectivity index (χ2v) is 17.7. The van der Waals surface area contributed by atoms with E-state index in [4.69, 9.17) is 14.4 Å². The van der Waals surface area contributed by atoms with Gasteiger partial charge in [0.05, 0.1) is 38.8 Å². The maximum Gasteiger partial charge on any atom is 0.235 e. The molecule has 1 aliphatic rings. The number of furan rings is 1. The third-order valence-electron chi connectivity index (χ3n) is 14.3. The van der Waals surface area contributed by atoms with E-state index < -0.39 is 0 Å². The first-order chi connectivity index (χ1) is 30.5. The minimum atomic E-state index is -0.147. The van der Waals surface area contributed by atoms with Crippen molar-refractivity contribution >= 4 is 104 Å². The van der Waals surface area contributed by atoms with E-state index in [9.17, 15) is 0 Å². The highest BCUT2D eigenvalue weighted by Crippen LogP contribution is 2.51. The van der Waals surface area contributed by atoms with Crippen LogP contribution in [0.5, 0.6) is 0 Å². The maximum absolute atomic E-state index is 6.81. The summed E-state index contributed by atoms with van der Waals surface area (Å²) in [6.45, 7) is 4.68. The van der Waals surface area contributed by atoms with Crippen LogP contribution in [0.4, 0.5) is 0 Å². The molecule has 9 aromatic carbocycles. The van der Waals surface area contributed by atoms with Gasteiger partial charge in [-0.1, -0.05) is 141 Å². The van der Waals surface area contributed by atoms with E-state index >= 15 is 0 Å². The molecule has 0 N–H and O–H groups in total. The minimum absolute atomic E-state index is 0.147. The summed E-state index contributed by atoms with van der Waals surface area (Å²) < 4.78 is 11.6. The molecule has 0 amide bonds. The van der Waals surface area contributed by atoms with Crippen molar-refractivity contribution in [1.82, 2.24) is 18.9 Å². The molecule has 62 heavy (non-hydrogen) atoms. The molecule has 0 radical (unpaired) electrons. The average molecular weight is 791 g/mol. The fourth-order valence-electron chi connectivity index (χ4n) is 11.5. The molecule has 5 heterocycles. The monoisotopic (exact) mass is 790 g/mol. The Bertz CT molecular complexity index is 4310. The van der Waals surface area contributed by atoms with Crippen LogP contribution in [0.1, 0.15) is 25.0 Å². The van der Waals surface area contributed by atoms with Crippen LogP contribution >= 0.6 is 0 Å². The number of nitrogens with zero attached hydrogens (tertiary/aromatic N) is 4. The summed E-state index contributed by atoms with van der Waals surface area (Å²) in [7, 11) is 0. The lowest BCUT2D eigenvalue weighted by atomic mass is 9.82. The molecule has 0 fully saturated rings. The van der Waals surface area contributed by atoms with Crippen molar-refractivity contribution in [2.45, 2.75) is 19.3 Å². The lowest BCUT2D eigenvalue weighted by Crippen LogP contribution is -2.15. The fourth-order valence-corrected chi connectivity index (χ4v) is 11.5. The number of hydrogen-bond acceptors (Lipinski definition) is 3. The molecular weight excluding hydrogens is 757 g/mol. The van der Waals surface area contributed by atoms with E-state index in [2.05, 4.69) is 187 Å². The quantitative estimate of drug-likeness (QED) is 0.164. The minimum Gasteiger partial charge on any atom is -0.454 e. The van der Waals surface area contributed by atoms with Crippen molar-refractivity contribution in [3.8, 4) is 28.3 Å². The Morgan fingerprint density at radius 2 is 1.13 bits per heavy atom. The van der Waals surface area contributed by atoms with Gasteiger partial charge in [-0.2, -0.15) is 0 Å². The number of fused-ring (bicyclic) bond motifs is 15. The molecule has 0 aliphatic heterocycles. The lowest BCUT2D eigenvalue weighted by Gasteiger charge is -2.22. The Morgan fingerprint density at radius 1 is 0.468 bits per heavy atom.